The van der Waals surface area contributed by atoms with Crippen LogP contribution in [0.1, 0.15) is 36.8 Å². The lowest BCUT2D eigenvalue weighted by Crippen LogP contribution is -2.29. The summed E-state index contributed by atoms with van der Waals surface area (Å²) in [5, 5.41) is 11.7. The summed E-state index contributed by atoms with van der Waals surface area (Å²) in [6.45, 7) is 0. The van der Waals surface area contributed by atoms with Crippen LogP contribution in [-0.2, 0) is 5.41 Å². The van der Waals surface area contributed by atoms with Crippen LogP contribution in [0.3, 0.4) is 0 Å². The first kappa shape index (κ1) is 22.3. The van der Waals surface area contributed by atoms with Crippen molar-refractivity contribution in [3.63, 3.8) is 0 Å². The highest BCUT2D eigenvalue weighted by atomic mass is 19.4. The molecule has 0 saturated carbocycles. The van der Waals surface area contributed by atoms with E-state index >= 15 is 0 Å². The standard InChI is InChI=1S/C24H20F6O2/c1-32-14-6-7-15-17(12-14)20(31)13-19-21(15)16-4-2-3-5-18(16)22(19,8-10-23(25,26)27)9-11-24(28,29)30/h2-7,12-13,31H,8-11H2,1H3. The molecule has 3 aromatic carbocycles. The van der Waals surface area contributed by atoms with Crippen LogP contribution in [0.5, 0.6) is 11.5 Å². The van der Waals surface area contributed by atoms with Crippen LogP contribution in [-0.4, -0.2) is 24.6 Å². The van der Waals surface area contributed by atoms with Crippen LogP contribution in [0, 0.1) is 0 Å². The maximum absolute atomic E-state index is 13.2. The highest BCUT2D eigenvalue weighted by Crippen LogP contribution is 2.58. The topological polar surface area (TPSA) is 29.5 Å². The van der Waals surface area contributed by atoms with Gasteiger partial charge in [-0.15, -0.1) is 0 Å². The number of hydrogen-bond acceptors (Lipinski definition) is 2. The summed E-state index contributed by atoms with van der Waals surface area (Å²) in [6.07, 6.45) is -12.6. The van der Waals surface area contributed by atoms with E-state index in [1.54, 1.807) is 42.5 Å². The summed E-state index contributed by atoms with van der Waals surface area (Å²) >= 11 is 0. The fraction of sp³-hybridized carbons (Fsp3) is 0.333. The second-order valence-corrected chi connectivity index (χ2v) is 8.09. The van der Waals surface area contributed by atoms with Gasteiger partial charge in [-0.2, -0.15) is 26.3 Å². The van der Waals surface area contributed by atoms with Crippen LogP contribution in [0.25, 0.3) is 21.9 Å². The maximum atomic E-state index is 13.2. The summed E-state index contributed by atoms with van der Waals surface area (Å²) in [4.78, 5) is 0. The number of phenolic OH excluding ortho intramolecular Hbond substituents is 1. The van der Waals surface area contributed by atoms with Crippen molar-refractivity contribution in [2.24, 2.45) is 0 Å². The van der Waals surface area contributed by atoms with Gasteiger partial charge in [-0.1, -0.05) is 24.3 Å². The zero-order valence-electron chi connectivity index (χ0n) is 17.1. The van der Waals surface area contributed by atoms with Crippen molar-refractivity contribution in [1.29, 1.82) is 0 Å². The first-order valence-electron chi connectivity index (χ1n) is 10.0. The molecule has 0 spiro atoms. The van der Waals surface area contributed by atoms with E-state index in [2.05, 4.69) is 0 Å². The Kier molecular flexibility index (Phi) is 5.30. The molecule has 0 aromatic heterocycles. The Morgan fingerprint density at radius 1 is 0.812 bits per heavy atom. The van der Waals surface area contributed by atoms with Crippen molar-refractivity contribution in [2.45, 2.75) is 43.5 Å². The van der Waals surface area contributed by atoms with Crippen LogP contribution in [0.4, 0.5) is 26.3 Å². The second kappa shape index (κ2) is 7.60. The molecule has 1 N–H and O–H groups in total. The molecule has 1 aliphatic carbocycles. The van der Waals surface area contributed by atoms with Gasteiger partial charge in [0.25, 0.3) is 0 Å². The van der Waals surface area contributed by atoms with E-state index in [1.165, 1.54) is 13.2 Å². The molecule has 0 bridgehead atoms. The largest absolute Gasteiger partial charge is 0.507 e. The van der Waals surface area contributed by atoms with Gasteiger partial charge in [0.15, 0.2) is 0 Å². The van der Waals surface area contributed by atoms with Crippen molar-refractivity contribution in [1.82, 2.24) is 0 Å². The molecule has 0 unspecified atom stereocenters. The number of methoxy groups -OCH3 is 1. The smallest absolute Gasteiger partial charge is 0.389 e. The number of ether oxygens (including phenoxy) is 1. The molecule has 0 aliphatic heterocycles. The van der Waals surface area contributed by atoms with Gasteiger partial charge in [0.05, 0.1) is 7.11 Å². The predicted octanol–water partition coefficient (Wildman–Crippen LogP) is 7.51. The third-order valence-corrected chi connectivity index (χ3v) is 6.22. The maximum Gasteiger partial charge on any atom is 0.389 e. The number of benzene rings is 3. The van der Waals surface area contributed by atoms with Gasteiger partial charge >= 0.3 is 12.4 Å². The quantitative estimate of drug-likeness (QED) is 0.405. The molecular weight excluding hydrogens is 434 g/mol. The van der Waals surface area contributed by atoms with E-state index < -0.39 is 43.5 Å². The first-order chi connectivity index (χ1) is 15.0. The summed E-state index contributed by atoms with van der Waals surface area (Å²) in [5.41, 5.74) is 0.332. The minimum atomic E-state index is -4.53. The zero-order valence-corrected chi connectivity index (χ0v) is 17.1. The Hall–Kier alpha value is -2.90. The van der Waals surface area contributed by atoms with Crippen molar-refractivity contribution in [3.8, 4) is 22.6 Å². The number of alkyl halides is 6. The van der Waals surface area contributed by atoms with Crippen molar-refractivity contribution >= 4 is 10.8 Å². The number of halogens is 6. The summed E-state index contributed by atoms with van der Waals surface area (Å²) in [7, 11) is 1.46. The fourth-order valence-corrected chi connectivity index (χ4v) is 4.82. The Bertz CT molecular complexity index is 1150. The molecule has 170 valence electrons. The van der Waals surface area contributed by atoms with E-state index in [1.807, 2.05) is 0 Å². The highest BCUT2D eigenvalue weighted by molar-refractivity contribution is 6.05. The number of hydrogen-bond donors (Lipinski definition) is 1. The second-order valence-electron chi connectivity index (χ2n) is 8.09. The molecule has 0 heterocycles. The van der Waals surface area contributed by atoms with Gasteiger partial charge in [-0.3, -0.25) is 0 Å². The molecule has 0 amide bonds. The van der Waals surface area contributed by atoms with Crippen LogP contribution in [0.2, 0.25) is 0 Å². The summed E-state index contributed by atoms with van der Waals surface area (Å²) in [5.74, 6) is 0.258. The lowest BCUT2D eigenvalue weighted by molar-refractivity contribution is -0.143. The molecule has 0 atom stereocenters. The van der Waals surface area contributed by atoms with Crippen LogP contribution in [0.15, 0.2) is 48.5 Å². The van der Waals surface area contributed by atoms with Gasteiger partial charge in [0.1, 0.15) is 11.5 Å². The molecule has 8 heteroatoms. The third kappa shape index (κ3) is 3.87. The normalized spacial score (nSPS) is 15.0. The first-order valence-corrected chi connectivity index (χ1v) is 10.0. The number of fused-ring (bicyclic) bond motifs is 5. The Morgan fingerprint density at radius 3 is 2.03 bits per heavy atom. The molecular formula is C24H20F6O2. The third-order valence-electron chi connectivity index (χ3n) is 6.22. The Balaban J connectivity index is 2.01. The lowest BCUT2D eigenvalue weighted by Gasteiger charge is -2.33. The van der Waals surface area contributed by atoms with E-state index in [0.29, 0.717) is 38.8 Å². The number of rotatable bonds is 5. The number of aromatic hydroxyl groups is 1. The van der Waals surface area contributed by atoms with Crippen LogP contribution < -0.4 is 4.74 Å². The Morgan fingerprint density at radius 2 is 1.44 bits per heavy atom. The fourth-order valence-electron chi connectivity index (χ4n) is 4.82. The minimum Gasteiger partial charge on any atom is -0.507 e. The van der Waals surface area contributed by atoms with Gasteiger partial charge in [-0.25, -0.2) is 0 Å². The van der Waals surface area contributed by atoms with Crippen molar-refractivity contribution in [3.05, 3.63) is 59.7 Å². The van der Waals surface area contributed by atoms with E-state index in [9.17, 15) is 31.4 Å². The molecule has 0 saturated heterocycles. The Labute approximate surface area is 180 Å². The van der Waals surface area contributed by atoms with Gasteiger partial charge in [0, 0.05) is 23.6 Å². The highest BCUT2D eigenvalue weighted by Gasteiger charge is 2.48. The lowest BCUT2D eigenvalue weighted by atomic mass is 9.71. The number of phenols is 1. The average Bonchev–Trinajstić information content (AvgIpc) is 3.00. The summed E-state index contributed by atoms with van der Waals surface area (Å²) < 4.78 is 84.6. The van der Waals surface area contributed by atoms with E-state index in [4.69, 9.17) is 4.74 Å². The van der Waals surface area contributed by atoms with Gasteiger partial charge in [-0.05, 0) is 64.7 Å². The van der Waals surface area contributed by atoms with E-state index in [0.717, 1.165) is 0 Å². The molecule has 1 aliphatic rings. The zero-order chi connectivity index (χ0) is 23.3. The monoisotopic (exact) mass is 454 g/mol. The minimum absolute atomic E-state index is 0.214. The average molecular weight is 454 g/mol. The van der Waals surface area contributed by atoms with Gasteiger partial charge in [0.2, 0.25) is 0 Å². The summed E-state index contributed by atoms with van der Waals surface area (Å²) in [6, 6.07) is 12.9. The SMILES string of the molecule is COc1ccc2c3c(cc(O)c2c1)C(CCC(F)(F)F)(CCC(F)(F)F)c1ccccc1-3. The van der Waals surface area contributed by atoms with Crippen LogP contribution >= 0.6 is 0 Å². The molecule has 4 rings (SSSR count). The molecule has 0 fully saturated rings. The molecule has 2 nitrogen and oxygen atoms in total. The molecule has 3 aromatic rings. The van der Waals surface area contributed by atoms with Gasteiger partial charge < -0.3 is 9.84 Å². The molecule has 32 heavy (non-hydrogen) atoms. The van der Waals surface area contributed by atoms with Crippen molar-refractivity contribution in [2.75, 3.05) is 7.11 Å². The predicted molar refractivity (Wildman–Crippen MR) is 109 cm³/mol. The molecule has 0 radical (unpaired) electrons. The van der Waals surface area contributed by atoms with E-state index in [-0.39, 0.29) is 5.75 Å². The van der Waals surface area contributed by atoms with Crippen molar-refractivity contribution < 1.29 is 36.2 Å².